The van der Waals surface area contributed by atoms with Crippen molar-refractivity contribution < 1.29 is 26.3 Å². The molecule has 0 aliphatic heterocycles. The fourth-order valence-corrected chi connectivity index (χ4v) is 2.12. The molecule has 1 aliphatic rings. The summed E-state index contributed by atoms with van der Waals surface area (Å²) in [4.78, 5) is -0.635. The summed E-state index contributed by atoms with van der Waals surface area (Å²) < 4.78 is 65.9. The van der Waals surface area contributed by atoms with E-state index in [0.29, 0.717) is 12.8 Å². The highest BCUT2D eigenvalue weighted by atomic mass is 32.2. The maximum absolute atomic E-state index is 12.8. The summed E-state index contributed by atoms with van der Waals surface area (Å²) in [6, 6.07) is 2.76. The number of alkyl halides is 3. The summed E-state index contributed by atoms with van der Waals surface area (Å²) in [5.41, 5.74) is -1.12. The summed E-state index contributed by atoms with van der Waals surface area (Å²) >= 11 is 0. The zero-order valence-corrected chi connectivity index (χ0v) is 9.88. The zero-order valence-electron chi connectivity index (χ0n) is 9.07. The van der Waals surface area contributed by atoms with Gasteiger partial charge in [0.2, 0.25) is 10.0 Å². The molecule has 0 unspecified atom stereocenters. The smallest absolute Gasteiger partial charge is 0.420 e. The third kappa shape index (κ3) is 2.75. The molecule has 0 aromatic heterocycles. The van der Waals surface area contributed by atoms with E-state index < -0.39 is 32.4 Å². The van der Waals surface area contributed by atoms with Crippen LogP contribution in [0.5, 0.6) is 5.75 Å². The zero-order chi connectivity index (χ0) is 13.6. The minimum Gasteiger partial charge on any atom is -0.488 e. The van der Waals surface area contributed by atoms with Crippen molar-refractivity contribution >= 4 is 10.0 Å². The van der Waals surface area contributed by atoms with E-state index in [-0.39, 0.29) is 6.10 Å². The Labute approximate surface area is 102 Å². The molecule has 0 amide bonds. The van der Waals surface area contributed by atoms with Crippen LogP contribution < -0.4 is 9.88 Å². The third-order valence-electron chi connectivity index (χ3n) is 2.40. The molecule has 0 radical (unpaired) electrons. The highest BCUT2D eigenvalue weighted by molar-refractivity contribution is 7.89. The Bertz CT molecular complexity index is 564. The number of hydrogen-bond acceptors (Lipinski definition) is 3. The first-order valence-corrected chi connectivity index (χ1v) is 6.64. The van der Waals surface area contributed by atoms with E-state index in [0.717, 1.165) is 18.2 Å². The topological polar surface area (TPSA) is 69.4 Å². The molecule has 0 saturated heterocycles. The predicted molar refractivity (Wildman–Crippen MR) is 56.5 cm³/mol. The van der Waals surface area contributed by atoms with Gasteiger partial charge in [-0.3, -0.25) is 0 Å². The van der Waals surface area contributed by atoms with Crippen molar-refractivity contribution in [1.29, 1.82) is 0 Å². The van der Waals surface area contributed by atoms with E-state index in [1.54, 1.807) is 0 Å². The van der Waals surface area contributed by atoms with E-state index >= 15 is 0 Å². The number of halogens is 3. The van der Waals surface area contributed by atoms with Gasteiger partial charge in [-0.1, -0.05) is 6.07 Å². The van der Waals surface area contributed by atoms with Gasteiger partial charge in [0, 0.05) is 0 Å². The van der Waals surface area contributed by atoms with E-state index in [1.807, 2.05) is 0 Å². The largest absolute Gasteiger partial charge is 0.488 e. The molecule has 1 aromatic carbocycles. The molecule has 0 atom stereocenters. The summed E-state index contributed by atoms with van der Waals surface area (Å²) in [6.07, 6.45) is -3.84. The maximum Gasteiger partial charge on any atom is 0.420 e. The second-order valence-corrected chi connectivity index (χ2v) is 5.52. The standard InChI is InChI=1S/C10H10F3NO3S/c11-10(12,13)7-2-1-3-8(18(14,15)16)9(7)17-6-4-5-6/h1-3,6H,4-5H2,(H2,14,15,16). The molecule has 2 N–H and O–H groups in total. The number of hydrogen-bond donors (Lipinski definition) is 1. The van der Waals surface area contributed by atoms with Crippen LogP contribution in [0.3, 0.4) is 0 Å². The Morgan fingerprint density at radius 3 is 2.33 bits per heavy atom. The van der Waals surface area contributed by atoms with Crippen LogP contribution in [-0.2, 0) is 16.2 Å². The normalized spacial score (nSPS) is 16.7. The number of nitrogens with two attached hydrogens (primary N) is 1. The van der Waals surface area contributed by atoms with E-state index in [9.17, 15) is 21.6 Å². The quantitative estimate of drug-likeness (QED) is 0.919. The molecule has 0 spiro atoms. The number of rotatable bonds is 3. The summed E-state index contributed by atoms with van der Waals surface area (Å²) in [6.45, 7) is 0. The Kier molecular flexibility index (Phi) is 3.02. The number of primary sulfonamides is 1. The van der Waals surface area contributed by atoms with Crippen molar-refractivity contribution in [3.05, 3.63) is 23.8 Å². The summed E-state index contributed by atoms with van der Waals surface area (Å²) in [5.74, 6) is -0.699. The first-order valence-electron chi connectivity index (χ1n) is 5.09. The second kappa shape index (κ2) is 4.13. The summed E-state index contributed by atoms with van der Waals surface area (Å²) in [7, 11) is -4.26. The van der Waals surface area contributed by atoms with E-state index in [1.165, 1.54) is 0 Å². The first-order chi connectivity index (χ1) is 8.19. The summed E-state index contributed by atoms with van der Waals surface area (Å²) in [5, 5.41) is 4.89. The van der Waals surface area contributed by atoms with E-state index in [2.05, 4.69) is 0 Å². The van der Waals surface area contributed by atoms with Crippen LogP contribution in [0, 0.1) is 0 Å². The average Bonchev–Trinajstić information content (AvgIpc) is 2.98. The van der Waals surface area contributed by atoms with Crippen LogP contribution in [0.4, 0.5) is 13.2 Å². The van der Waals surface area contributed by atoms with Gasteiger partial charge in [0.05, 0.1) is 11.7 Å². The van der Waals surface area contributed by atoms with Gasteiger partial charge >= 0.3 is 6.18 Å². The molecule has 100 valence electrons. The molecule has 0 heterocycles. The Morgan fingerprint density at radius 1 is 1.28 bits per heavy atom. The monoisotopic (exact) mass is 281 g/mol. The Balaban J connectivity index is 2.59. The highest BCUT2D eigenvalue weighted by Gasteiger charge is 2.38. The third-order valence-corrected chi connectivity index (χ3v) is 3.33. The lowest BCUT2D eigenvalue weighted by molar-refractivity contribution is -0.139. The van der Waals surface area contributed by atoms with Gasteiger partial charge in [-0.2, -0.15) is 13.2 Å². The number of ether oxygens (including phenoxy) is 1. The molecular formula is C10H10F3NO3S. The molecule has 0 bridgehead atoms. The highest BCUT2D eigenvalue weighted by Crippen LogP contribution is 2.41. The van der Waals surface area contributed by atoms with Crippen LogP contribution in [0.15, 0.2) is 23.1 Å². The maximum atomic E-state index is 12.8. The van der Waals surface area contributed by atoms with Gasteiger partial charge < -0.3 is 4.74 Å². The number of sulfonamides is 1. The van der Waals surface area contributed by atoms with Crippen LogP contribution in [0.25, 0.3) is 0 Å². The molecule has 4 nitrogen and oxygen atoms in total. The molecule has 1 aromatic rings. The van der Waals surface area contributed by atoms with Crippen LogP contribution in [0.1, 0.15) is 18.4 Å². The van der Waals surface area contributed by atoms with Crippen LogP contribution in [-0.4, -0.2) is 14.5 Å². The van der Waals surface area contributed by atoms with Crippen LogP contribution in [0.2, 0.25) is 0 Å². The first kappa shape index (κ1) is 13.2. The van der Waals surface area contributed by atoms with Gasteiger partial charge in [0.15, 0.2) is 5.75 Å². The molecule has 18 heavy (non-hydrogen) atoms. The van der Waals surface area contributed by atoms with Crippen molar-refractivity contribution in [2.24, 2.45) is 5.14 Å². The predicted octanol–water partition coefficient (Wildman–Crippen LogP) is 1.89. The van der Waals surface area contributed by atoms with E-state index in [4.69, 9.17) is 9.88 Å². The lowest BCUT2D eigenvalue weighted by Crippen LogP contribution is -2.18. The molecule has 1 fully saturated rings. The second-order valence-electron chi connectivity index (χ2n) is 3.99. The molecule has 1 saturated carbocycles. The SMILES string of the molecule is NS(=O)(=O)c1cccc(C(F)(F)F)c1OC1CC1. The van der Waals surface area contributed by atoms with Crippen molar-refractivity contribution in [2.45, 2.75) is 30.0 Å². The molecular weight excluding hydrogens is 271 g/mol. The van der Waals surface area contributed by atoms with Gasteiger partial charge in [-0.15, -0.1) is 0 Å². The van der Waals surface area contributed by atoms with Crippen molar-refractivity contribution in [3.8, 4) is 5.75 Å². The number of benzene rings is 1. The van der Waals surface area contributed by atoms with Crippen LogP contribution >= 0.6 is 0 Å². The fourth-order valence-electron chi connectivity index (χ4n) is 1.44. The average molecular weight is 281 g/mol. The Hall–Kier alpha value is -1.28. The van der Waals surface area contributed by atoms with Crippen molar-refractivity contribution in [1.82, 2.24) is 0 Å². The fraction of sp³-hybridized carbons (Fsp3) is 0.400. The molecule has 1 aliphatic carbocycles. The molecule has 2 rings (SSSR count). The minimum atomic E-state index is -4.69. The molecule has 8 heteroatoms. The lowest BCUT2D eigenvalue weighted by Gasteiger charge is -2.16. The Morgan fingerprint density at radius 2 is 1.89 bits per heavy atom. The van der Waals surface area contributed by atoms with Gasteiger partial charge in [-0.25, -0.2) is 13.6 Å². The minimum absolute atomic E-state index is 0.367. The number of para-hydroxylation sites is 1. The van der Waals surface area contributed by atoms with Gasteiger partial charge in [0.1, 0.15) is 4.90 Å². The van der Waals surface area contributed by atoms with Crippen molar-refractivity contribution in [2.75, 3.05) is 0 Å². The van der Waals surface area contributed by atoms with Gasteiger partial charge in [-0.05, 0) is 25.0 Å². The van der Waals surface area contributed by atoms with Gasteiger partial charge in [0.25, 0.3) is 0 Å². The van der Waals surface area contributed by atoms with Crippen molar-refractivity contribution in [3.63, 3.8) is 0 Å². The lowest BCUT2D eigenvalue weighted by atomic mass is 10.2.